The molecular weight excluding hydrogens is 180 g/mol. The first-order chi connectivity index (χ1) is 6.74. The summed E-state index contributed by atoms with van der Waals surface area (Å²) in [7, 11) is 0. The molecular formula is C10H8N2O2. The molecule has 0 unspecified atom stereocenters. The van der Waals surface area contributed by atoms with E-state index in [0.29, 0.717) is 0 Å². The third-order valence-electron chi connectivity index (χ3n) is 1.53. The van der Waals surface area contributed by atoms with Gasteiger partial charge in [0.15, 0.2) is 0 Å². The summed E-state index contributed by atoms with van der Waals surface area (Å²) in [6.07, 6.45) is 0. The lowest BCUT2D eigenvalue weighted by molar-refractivity contribution is -0.136. The van der Waals surface area contributed by atoms with E-state index < -0.39 is 11.7 Å². The van der Waals surface area contributed by atoms with Crippen LogP contribution in [-0.2, 0) is 16.1 Å². The van der Waals surface area contributed by atoms with Crippen molar-refractivity contribution in [3.63, 3.8) is 0 Å². The molecule has 0 spiro atoms. The van der Waals surface area contributed by atoms with Gasteiger partial charge in [0.1, 0.15) is 12.7 Å². The third-order valence-corrected chi connectivity index (χ3v) is 1.53. The van der Waals surface area contributed by atoms with E-state index in [0.717, 1.165) is 5.56 Å². The minimum absolute atomic E-state index is 0.0870. The number of carbonyl (C=O) groups excluding carboxylic acids is 1. The Labute approximate surface area is 81.2 Å². The molecule has 1 rings (SSSR count). The standard InChI is InChI=1S/C10H8N2O2/c11-6-9(12)10(13)14-7-8-4-2-1-3-5-8/h1-5,12H,7H2. The summed E-state index contributed by atoms with van der Waals surface area (Å²) < 4.78 is 4.69. The minimum Gasteiger partial charge on any atom is -0.456 e. The summed E-state index contributed by atoms with van der Waals surface area (Å²) in [6.45, 7) is 0.0870. The van der Waals surface area contributed by atoms with Crippen LogP contribution in [0.2, 0.25) is 0 Å². The molecule has 0 aliphatic rings. The van der Waals surface area contributed by atoms with Gasteiger partial charge in [-0.1, -0.05) is 30.3 Å². The molecule has 0 saturated heterocycles. The number of rotatable bonds is 3. The number of nitrogens with one attached hydrogen (secondary N) is 1. The van der Waals surface area contributed by atoms with Crippen molar-refractivity contribution in [1.29, 1.82) is 10.7 Å². The van der Waals surface area contributed by atoms with Crippen molar-refractivity contribution < 1.29 is 9.53 Å². The van der Waals surface area contributed by atoms with Crippen LogP contribution >= 0.6 is 0 Å². The predicted molar refractivity (Wildman–Crippen MR) is 49.6 cm³/mol. The summed E-state index contributed by atoms with van der Waals surface area (Å²) in [6, 6.07) is 10.5. The van der Waals surface area contributed by atoms with Gasteiger partial charge in [0.05, 0.1) is 0 Å². The van der Waals surface area contributed by atoms with Crippen molar-refractivity contribution in [2.45, 2.75) is 6.61 Å². The molecule has 0 fully saturated rings. The number of ether oxygens (including phenoxy) is 1. The fourth-order valence-electron chi connectivity index (χ4n) is 0.841. The molecule has 0 heterocycles. The van der Waals surface area contributed by atoms with Crippen LogP contribution in [-0.4, -0.2) is 11.7 Å². The third kappa shape index (κ3) is 2.72. The Morgan fingerprint density at radius 3 is 2.64 bits per heavy atom. The SMILES string of the molecule is N#CC(=N)C(=O)OCc1ccccc1. The first-order valence-corrected chi connectivity index (χ1v) is 3.93. The molecule has 0 atom stereocenters. The van der Waals surface area contributed by atoms with E-state index in [4.69, 9.17) is 15.4 Å². The van der Waals surface area contributed by atoms with Gasteiger partial charge in [-0.05, 0) is 5.56 Å². The van der Waals surface area contributed by atoms with E-state index in [1.807, 2.05) is 18.2 Å². The van der Waals surface area contributed by atoms with E-state index in [1.54, 1.807) is 12.1 Å². The zero-order valence-corrected chi connectivity index (χ0v) is 7.36. The number of nitriles is 1. The highest BCUT2D eigenvalue weighted by atomic mass is 16.5. The molecule has 1 aromatic rings. The largest absolute Gasteiger partial charge is 0.456 e. The summed E-state index contributed by atoms with van der Waals surface area (Å²) in [5.74, 6) is -0.892. The van der Waals surface area contributed by atoms with E-state index in [9.17, 15) is 4.79 Å². The number of carbonyl (C=O) groups is 1. The zero-order chi connectivity index (χ0) is 10.4. The van der Waals surface area contributed by atoms with Crippen LogP contribution < -0.4 is 0 Å². The molecule has 70 valence electrons. The monoisotopic (exact) mass is 188 g/mol. The van der Waals surface area contributed by atoms with Crippen LogP contribution in [0.1, 0.15) is 5.56 Å². The smallest absolute Gasteiger partial charge is 0.367 e. The van der Waals surface area contributed by atoms with Gasteiger partial charge in [-0.3, -0.25) is 5.41 Å². The van der Waals surface area contributed by atoms with Gasteiger partial charge in [0.25, 0.3) is 0 Å². The highest BCUT2D eigenvalue weighted by molar-refractivity contribution is 6.41. The van der Waals surface area contributed by atoms with Gasteiger partial charge in [-0.2, -0.15) is 5.26 Å². The first-order valence-electron chi connectivity index (χ1n) is 3.93. The highest BCUT2D eigenvalue weighted by Crippen LogP contribution is 2.00. The van der Waals surface area contributed by atoms with Gasteiger partial charge < -0.3 is 4.74 Å². The quantitative estimate of drug-likeness (QED) is 0.573. The van der Waals surface area contributed by atoms with Crippen molar-refractivity contribution in [3.05, 3.63) is 35.9 Å². The van der Waals surface area contributed by atoms with Crippen molar-refractivity contribution in [2.24, 2.45) is 0 Å². The number of esters is 1. The summed E-state index contributed by atoms with van der Waals surface area (Å²) in [4.78, 5) is 10.9. The number of benzene rings is 1. The molecule has 0 aromatic heterocycles. The van der Waals surface area contributed by atoms with Crippen LogP contribution in [0.4, 0.5) is 0 Å². The fraction of sp³-hybridized carbons (Fsp3) is 0.100. The molecule has 14 heavy (non-hydrogen) atoms. The van der Waals surface area contributed by atoms with E-state index >= 15 is 0 Å². The number of hydrogen-bond donors (Lipinski definition) is 1. The Bertz CT molecular complexity index is 379. The normalized spacial score (nSPS) is 8.79. The van der Waals surface area contributed by atoms with E-state index in [2.05, 4.69) is 0 Å². The predicted octanol–water partition coefficient (Wildman–Crippen LogP) is 1.27. The topological polar surface area (TPSA) is 73.9 Å². The molecule has 4 heteroatoms. The second-order valence-corrected chi connectivity index (χ2v) is 2.55. The van der Waals surface area contributed by atoms with Crippen molar-refractivity contribution in [2.75, 3.05) is 0 Å². The highest BCUT2D eigenvalue weighted by Gasteiger charge is 2.09. The van der Waals surface area contributed by atoms with Gasteiger partial charge in [-0.15, -0.1) is 0 Å². The van der Waals surface area contributed by atoms with Gasteiger partial charge in [0, 0.05) is 0 Å². The Morgan fingerprint density at radius 1 is 1.43 bits per heavy atom. The lowest BCUT2D eigenvalue weighted by Gasteiger charge is -2.01. The summed E-state index contributed by atoms with van der Waals surface area (Å²) in [5, 5.41) is 15.1. The molecule has 0 amide bonds. The molecule has 0 aliphatic heterocycles. The first kappa shape index (κ1) is 9.93. The van der Waals surface area contributed by atoms with E-state index in [-0.39, 0.29) is 6.61 Å². The maximum atomic E-state index is 10.9. The minimum atomic E-state index is -0.892. The van der Waals surface area contributed by atoms with E-state index in [1.165, 1.54) is 6.07 Å². The average Bonchev–Trinajstić information content (AvgIpc) is 2.26. The van der Waals surface area contributed by atoms with Crippen molar-refractivity contribution >= 4 is 11.7 Å². The maximum Gasteiger partial charge on any atom is 0.367 e. The summed E-state index contributed by atoms with van der Waals surface area (Å²) >= 11 is 0. The zero-order valence-electron chi connectivity index (χ0n) is 7.36. The molecule has 1 N–H and O–H groups in total. The van der Waals surface area contributed by atoms with Crippen LogP contribution in [0.5, 0.6) is 0 Å². The van der Waals surface area contributed by atoms with Gasteiger partial charge in [-0.25, -0.2) is 4.79 Å². The number of nitrogens with zero attached hydrogens (tertiary/aromatic N) is 1. The Balaban J connectivity index is 2.47. The van der Waals surface area contributed by atoms with Gasteiger partial charge in [0.2, 0.25) is 5.71 Å². The van der Waals surface area contributed by atoms with Crippen LogP contribution in [0, 0.1) is 16.7 Å². The molecule has 0 saturated carbocycles. The molecule has 4 nitrogen and oxygen atoms in total. The maximum absolute atomic E-state index is 10.9. The fourth-order valence-corrected chi connectivity index (χ4v) is 0.841. The van der Waals surface area contributed by atoms with Crippen LogP contribution in [0.3, 0.4) is 0 Å². The molecule has 1 aromatic carbocycles. The Morgan fingerprint density at radius 2 is 2.07 bits per heavy atom. The number of hydrogen-bond acceptors (Lipinski definition) is 4. The molecule has 0 radical (unpaired) electrons. The lowest BCUT2D eigenvalue weighted by Crippen LogP contribution is -2.14. The second kappa shape index (κ2) is 4.77. The Hall–Kier alpha value is -2.15. The van der Waals surface area contributed by atoms with Crippen LogP contribution in [0.15, 0.2) is 30.3 Å². The van der Waals surface area contributed by atoms with Gasteiger partial charge >= 0.3 is 5.97 Å². The average molecular weight is 188 g/mol. The Kier molecular flexibility index (Phi) is 3.39. The van der Waals surface area contributed by atoms with Crippen molar-refractivity contribution in [3.8, 4) is 6.07 Å². The molecule has 0 bridgehead atoms. The second-order valence-electron chi connectivity index (χ2n) is 2.55. The van der Waals surface area contributed by atoms with Crippen molar-refractivity contribution in [1.82, 2.24) is 0 Å². The summed E-state index contributed by atoms with van der Waals surface area (Å²) in [5.41, 5.74) is 0.146. The van der Waals surface area contributed by atoms with Crippen LogP contribution in [0.25, 0.3) is 0 Å². The molecule has 0 aliphatic carbocycles. The lowest BCUT2D eigenvalue weighted by atomic mass is 10.2.